The molecule has 132 valence electrons. The normalized spacial score (nSPS) is 26.4. The van der Waals surface area contributed by atoms with Crippen molar-refractivity contribution in [2.75, 3.05) is 26.2 Å². The number of hydrogen-bond donors (Lipinski definition) is 1. The Kier molecular flexibility index (Phi) is 4.46. The van der Waals surface area contributed by atoms with Crippen molar-refractivity contribution >= 4 is 0 Å². The molecule has 0 spiro atoms. The summed E-state index contributed by atoms with van der Waals surface area (Å²) in [4.78, 5) is 2.21. The van der Waals surface area contributed by atoms with E-state index in [-0.39, 0.29) is 11.9 Å². The summed E-state index contributed by atoms with van der Waals surface area (Å²) in [5.41, 5.74) is 1.03. The average molecular weight is 343 g/mol. The number of nitrogens with zero attached hydrogens (tertiary/aromatic N) is 1. The van der Waals surface area contributed by atoms with E-state index in [2.05, 4.69) is 4.90 Å². The molecular formula is C20H22FNO3. The molecule has 2 unspecified atom stereocenters. The molecule has 0 saturated carbocycles. The summed E-state index contributed by atoms with van der Waals surface area (Å²) in [5.74, 6) is 0.414. The maximum Gasteiger partial charge on any atom is 0.126 e. The number of fused-ring (bicyclic) bond motifs is 1. The van der Waals surface area contributed by atoms with E-state index in [1.807, 2.05) is 24.3 Å². The van der Waals surface area contributed by atoms with Crippen LogP contribution in [0.15, 0.2) is 48.5 Å². The van der Waals surface area contributed by atoms with Crippen LogP contribution in [0.2, 0.25) is 0 Å². The molecule has 5 heteroatoms. The van der Waals surface area contributed by atoms with E-state index in [0.29, 0.717) is 25.5 Å². The number of likely N-dealkylation sites (tertiary alicyclic amines) is 1. The largest absolute Gasteiger partial charge is 0.489 e. The Balaban J connectivity index is 1.40. The van der Waals surface area contributed by atoms with Crippen molar-refractivity contribution in [3.63, 3.8) is 0 Å². The first-order valence-corrected chi connectivity index (χ1v) is 8.65. The highest BCUT2D eigenvalue weighted by Crippen LogP contribution is 2.32. The van der Waals surface area contributed by atoms with Crippen molar-refractivity contribution in [2.24, 2.45) is 0 Å². The van der Waals surface area contributed by atoms with Gasteiger partial charge in [0.05, 0.1) is 13.2 Å². The topological polar surface area (TPSA) is 41.9 Å². The Morgan fingerprint density at radius 1 is 1.20 bits per heavy atom. The third-order valence-electron chi connectivity index (χ3n) is 4.95. The lowest BCUT2D eigenvalue weighted by molar-refractivity contribution is -0.0877. The summed E-state index contributed by atoms with van der Waals surface area (Å²) in [6.07, 6.45) is 0.935. The molecule has 2 aromatic carbocycles. The van der Waals surface area contributed by atoms with Gasteiger partial charge in [-0.25, -0.2) is 4.39 Å². The molecule has 2 aliphatic heterocycles. The summed E-state index contributed by atoms with van der Waals surface area (Å²) in [5, 5.41) is 11.1. The van der Waals surface area contributed by atoms with Crippen molar-refractivity contribution in [3.05, 3.63) is 65.5 Å². The monoisotopic (exact) mass is 343 g/mol. The number of halogens is 1. The fraction of sp³-hybridized carbons (Fsp3) is 0.400. The Bertz CT molecular complexity index is 736. The zero-order chi connectivity index (χ0) is 17.3. The number of β-amino-alcohol motifs (C(OH)–C–C–N with tert-alkyl or cyclic N) is 1. The molecule has 2 heterocycles. The van der Waals surface area contributed by atoms with Gasteiger partial charge < -0.3 is 14.6 Å². The molecular weight excluding hydrogens is 321 g/mol. The highest BCUT2D eigenvalue weighted by molar-refractivity contribution is 5.34. The van der Waals surface area contributed by atoms with Crippen LogP contribution in [-0.4, -0.2) is 42.4 Å². The molecule has 1 N–H and O–H groups in total. The molecule has 2 aliphatic rings. The van der Waals surface area contributed by atoms with Crippen molar-refractivity contribution in [1.82, 2.24) is 4.90 Å². The summed E-state index contributed by atoms with van der Waals surface area (Å²) < 4.78 is 24.5. The van der Waals surface area contributed by atoms with Crippen LogP contribution in [0.1, 0.15) is 17.5 Å². The van der Waals surface area contributed by atoms with E-state index in [1.54, 1.807) is 12.1 Å². The highest BCUT2D eigenvalue weighted by Gasteiger charge is 2.38. The van der Waals surface area contributed by atoms with Gasteiger partial charge in [-0.2, -0.15) is 0 Å². The summed E-state index contributed by atoms with van der Waals surface area (Å²) in [6, 6.07) is 14.0. The first-order valence-electron chi connectivity index (χ1n) is 8.65. The fourth-order valence-electron chi connectivity index (χ4n) is 3.75. The Labute approximate surface area is 146 Å². The number of hydrogen-bond acceptors (Lipinski definition) is 4. The molecule has 4 rings (SSSR count). The molecule has 4 nitrogen and oxygen atoms in total. The van der Waals surface area contributed by atoms with Gasteiger partial charge in [0.1, 0.15) is 23.3 Å². The quantitative estimate of drug-likeness (QED) is 0.927. The SMILES string of the molecule is OC1(CN2CCC(Oc3ccc(F)cc3)C2)COCc2ccccc21. The third kappa shape index (κ3) is 3.54. The molecule has 0 bridgehead atoms. The zero-order valence-corrected chi connectivity index (χ0v) is 14.0. The van der Waals surface area contributed by atoms with Gasteiger partial charge in [0.25, 0.3) is 0 Å². The Morgan fingerprint density at radius 3 is 2.84 bits per heavy atom. The molecule has 0 radical (unpaired) electrons. The van der Waals surface area contributed by atoms with E-state index in [1.165, 1.54) is 12.1 Å². The van der Waals surface area contributed by atoms with Gasteiger partial charge in [0, 0.05) is 19.6 Å². The van der Waals surface area contributed by atoms with Crippen molar-refractivity contribution in [3.8, 4) is 5.75 Å². The van der Waals surface area contributed by atoms with E-state index in [9.17, 15) is 9.50 Å². The second-order valence-electron chi connectivity index (χ2n) is 6.90. The van der Waals surface area contributed by atoms with Crippen LogP contribution in [0.3, 0.4) is 0 Å². The minimum atomic E-state index is -0.986. The fourth-order valence-corrected chi connectivity index (χ4v) is 3.75. The number of aliphatic hydroxyl groups is 1. The molecule has 0 aromatic heterocycles. The standard InChI is InChI=1S/C20H22FNO3/c21-16-5-7-17(8-6-16)25-18-9-10-22(11-18)13-20(23)14-24-12-15-3-1-2-4-19(15)20/h1-8,18,23H,9-14H2. The smallest absolute Gasteiger partial charge is 0.126 e. The van der Waals surface area contributed by atoms with Crippen molar-refractivity contribution in [2.45, 2.75) is 24.7 Å². The molecule has 25 heavy (non-hydrogen) atoms. The second-order valence-corrected chi connectivity index (χ2v) is 6.90. The third-order valence-corrected chi connectivity index (χ3v) is 4.95. The van der Waals surface area contributed by atoms with Gasteiger partial charge in [-0.3, -0.25) is 4.90 Å². The van der Waals surface area contributed by atoms with Crippen LogP contribution < -0.4 is 4.74 Å². The second kappa shape index (κ2) is 6.75. The van der Waals surface area contributed by atoms with Crippen molar-refractivity contribution < 1.29 is 19.0 Å². The maximum atomic E-state index is 13.0. The van der Waals surface area contributed by atoms with Crippen LogP contribution in [0.4, 0.5) is 4.39 Å². The zero-order valence-electron chi connectivity index (χ0n) is 14.0. The lowest BCUT2D eigenvalue weighted by atomic mass is 9.88. The summed E-state index contributed by atoms with van der Waals surface area (Å²) >= 11 is 0. The van der Waals surface area contributed by atoms with E-state index in [0.717, 1.165) is 30.6 Å². The molecule has 1 fully saturated rings. The predicted octanol–water partition coefficient (Wildman–Crippen LogP) is 2.70. The van der Waals surface area contributed by atoms with Gasteiger partial charge in [0.15, 0.2) is 0 Å². The predicted molar refractivity (Wildman–Crippen MR) is 91.9 cm³/mol. The minimum absolute atomic E-state index is 0.0498. The van der Waals surface area contributed by atoms with E-state index in [4.69, 9.17) is 9.47 Å². The molecule has 1 saturated heterocycles. The van der Waals surface area contributed by atoms with Gasteiger partial charge in [0.2, 0.25) is 0 Å². The number of ether oxygens (including phenoxy) is 2. The minimum Gasteiger partial charge on any atom is -0.489 e. The van der Waals surface area contributed by atoms with E-state index < -0.39 is 5.60 Å². The molecule has 2 aromatic rings. The average Bonchev–Trinajstić information content (AvgIpc) is 3.04. The first kappa shape index (κ1) is 16.5. The number of benzene rings is 2. The Morgan fingerprint density at radius 2 is 2.00 bits per heavy atom. The molecule has 0 aliphatic carbocycles. The number of rotatable bonds is 4. The lowest BCUT2D eigenvalue weighted by Gasteiger charge is -2.37. The van der Waals surface area contributed by atoms with Crippen LogP contribution in [0, 0.1) is 5.82 Å². The van der Waals surface area contributed by atoms with Crippen LogP contribution in [0.5, 0.6) is 5.75 Å². The van der Waals surface area contributed by atoms with Gasteiger partial charge >= 0.3 is 0 Å². The van der Waals surface area contributed by atoms with Gasteiger partial charge in [-0.05, 0) is 41.8 Å². The summed E-state index contributed by atoms with van der Waals surface area (Å²) in [7, 11) is 0. The van der Waals surface area contributed by atoms with Gasteiger partial charge in [-0.1, -0.05) is 24.3 Å². The van der Waals surface area contributed by atoms with Gasteiger partial charge in [-0.15, -0.1) is 0 Å². The first-order chi connectivity index (χ1) is 12.1. The van der Waals surface area contributed by atoms with Crippen LogP contribution in [-0.2, 0) is 16.9 Å². The highest BCUT2D eigenvalue weighted by atomic mass is 19.1. The Hall–Kier alpha value is -1.95. The summed E-state index contributed by atoms with van der Waals surface area (Å²) in [6.45, 7) is 2.98. The molecule has 2 atom stereocenters. The molecule has 0 amide bonds. The maximum absolute atomic E-state index is 13.0. The van der Waals surface area contributed by atoms with E-state index >= 15 is 0 Å². The van der Waals surface area contributed by atoms with Crippen LogP contribution >= 0.6 is 0 Å². The van der Waals surface area contributed by atoms with Crippen molar-refractivity contribution in [1.29, 1.82) is 0 Å². The lowest BCUT2D eigenvalue weighted by Crippen LogP contribution is -2.46. The van der Waals surface area contributed by atoms with Crippen LogP contribution in [0.25, 0.3) is 0 Å².